The third kappa shape index (κ3) is 3.37. The molecule has 1 aromatic rings. The molecule has 0 aliphatic rings. The number of halogens is 1. The van der Waals surface area contributed by atoms with Crippen molar-refractivity contribution in [3.8, 4) is 0 Å². The molecule has 0 saturated carbocycles. The van der Waals surface area contributed by atoms with Crippen LogP contribution in [0.2, 0.25) is 5.02 Å². The Kier molecular flexibility index (Phi) is 4.82. The molecule has 0 saturated heterocycles. The maximum absolute atomic E-state index is 11.4. The van der Waals surface area contributed by atoms with Crippen molar-refractivity contribution >= 4 is 23.3 Å². The highest BCUT2D eigenvalue weighted by atomic mass is 35.5. The molecule has 1 unspecified atom stereocenters. The summed E-state index contributed by atoms with van der Waals surface area (Å²) in [5.74, 6) is -0.818. The summed E-state index contributed by atoms with van der Waals surface area (Å²) >= 11 is 5.89. The molecule has 94 valence electrons. The molecule has 4 heteroatoms. The van der Waals surface area contributed by atoms with Crippen LogP contribution in [0.25, 0.3) is 0 Å². The lowest BCUT2D eigenvalue weighted by molar-refractivity contribution is -0.142. The number of hydrogen-bond acceptors (Lipinski definition) is 2. The van der Waals surface area contributed by atoms with Crippen molar-refractivity contribution in [2.75, 3.05) is 5.32 Å². The van der Waals surface area contributed by atoms with E-state index in [-0.39, 0.29) is 0 Å². The Bertz CT molecular complexity index is 395. The third-order valence-electron chi connectivity index (χ3n) is 2.90. The Morgan fingerprint density at radius 1 is 1.47 bits per heavy atom. The molecule has 3 nitrogen and oxygen atoms in total. The Hall–Kier alpha value is -1.22. The number of carbonyl (C=O) groups is 1. The number of nitrogens with one attached hydrogen (secondary N) is 1. The minimum absolute atomic E-state index is 0.530. The van der Waals surface area contributed by atoms with Crippen LogP contribution in [-0.2, 0) is 4.79 Å². The fourth-order valence-electron chi connectivity index (χ4n) is 1.91. The monoisotopic (exact) mass is 255 g/mol. The summed E-state index contributed by atoms with van der Waals surface area (Å²) in [5, 5.41) is 13.1. The Morgan fingerprint density at radius 2 is 2.18 bits per heavy atom. The van der Waals surface area contributed by atoms with Crippen LogP contribution in [0.5, 0.6) is 0 Å². The summed E-state index contributed by atoms with van der Waals surface area (Å²) in [6, 6.07) is 7.14. The average molecular weight is 256 g/mol. The number of hydrogen-bond donors (Lipinski definition) is 2. The molecule has 0 bridgehead atoms. The van der Waals surface area contributed by atoms with Gasteiger partial charge in [-0.3, -0.25) is 0 Å². The quantitative estimate of drug-likeness (QED) is 0.813. The number of aliphatic carboxylic acids is 1. The predicted octanol–water partition coefficient (Wildman–Crippen LogP) is 3.79. The highest BCUT2D eigenvalue weighted by Gasteiger charge is 2.35. The van der Waals surface area contributed by atoms with Gasteiger partial charge in [0.2, 0.25) is 0 Å². The van der Waals surface area contributed by atoms with Gasteiger partial charge in [-0.15, -0.1) is 0 Å². The molecule has 17 heavy (non-hydrogen) atoms. The minimum atomic E-state index is -0.903. The van der Waals surface area contributed by atoms with E-state index in [1.54, 1.807) is 18.2 Å². The summed E-state index contributed by atoms with van der Waals surface area (Å²) in [4.78, 5) is 11.4. The van der Waals surface area contributed by atoms with Gasteiger partial charge >= 0.3 is 5.97 Å². The average Bonchev–Trinajstić information content (AvgIpc) is 2.28. The van der Waals surface area contributed by atoms with Gasteiger partial charge < -0.3 is 10.4 Å². The van der Waals surface area contributed by atoms with Crippen molar-refractivity contribution in [1.29, 1.82) is 0 Å². The molecule has 0 fully saturated rings. The van der Waals surface area contributed by atoms with Crippen molar-refractivity contribution < 1.29 is 9.90 Å². The summed E-state index contributed by atoms with van der Waals surface area (Å²) < 4.78 is 0. The van der Waals surface area contributed by atoms with Crippen molar-refractivity contribution in [3.05, 3.63) is 29.3 Å². The number of carboxylic acid groups (broad SMARTS) is 1. The standard InChI is InChI=1S/C13H18ClNO2/c1-3-8-13(4-2,12(16)17)15-11-7-5-6-10(14)9-11/h5-7,9,15H,3-4,8H2,1-2H3,(H,16,17). The molecule has 0 spiro atoms. The molecule has 1 aromatic carbocycles. The van der Waals surface area contributed by atoms with E-state index in [0.29, 0.717) is 17.9 Å². The molecule has 0 heterocycles. The zero-order valence-electron chi connectivity index (χ0n) is 10.2. The molecule has 1 rings (SSSR count). The van der Waals surface area contributed by atoms with Gasteiger partial charge in [-0.05, 0) is 31.0 Å². The molecule has 0 aromatic heterocycles. The summed E-state index contributed by atoms with van der Waals surface area (Å²) in [7, 11) is 0. The molecule has 1 atom stereocenters. The number of rotatable bonds is 6. The summed E-state index contributed by atoms with van der Waals surface area (Å²) in [5.41, 5.74) is -0.158. The van der Waals surface area contributed by atoms with Crippen LogP contribution >= 0.6 is 11.6 Å². The Morgan fingerprint density at radius 3 is 2.65 bits per heavy atom. The van der Waals surface area contributed by atoms with Crippen molar-refractivity contribution in [2.45, 2.75) is 38.6 Å². The van der Waals surface area contributed by atoms with Gasteiger partial charge in [-0.2, -0.15) is 0 Å². The maximum Gasteiger partial charge on any atom is 0.329 e. The SMILES string of the molecule is CCCC(CC)(Nc1cccc(Cl)c1)C(=O)O. The first-order valence-electron chi connectivity index (χ1n) is 5.81. The van der Waals surface area contributed by atoms with E-state index in [1.807, 2.05) is 19.9 Å². The number of benzene rings is 1. The van der Waals surface area contributed by atoms with Gasteiger partial charge in [-0.1, -0.05) is 37.9 Å². The third-order valence-corrected chi connectivity index (χ3v) is 3.13. The number of carboxylic acids is 1. The molecule has 0 aliphatic heterocycles. The van der Waals surface area contributed by atoms with Crippen LogP contribution in [0.4, 0.5) is 5.69 Å². The molecule has 2 N–H and O–H groups in total. The largest absolute Gasteiger partial charge is 0.480 e. The lowest BCUT2D eigenvalue weighted by Gasteiger charge is -2.30. The molecule has 0 amide bonds. The van der Waals surface area contributed by atoms with Crippen molar-refractivity contribution in [2.24, 2.45) is 0 Å². The van der Waals surface area contributed by atoms with Gasteiger partial charge in [0.15, 0.2) is 0 Å². The highest BCUT2D eigenvalue weighted by molar-refractivity contribution is 6.30. The Labute approximate surface area is 107 Å². The van der Waals surface area contributed by atoms with Crippen molar-refractivity contribution in [1.82, 2.24) is 0 Å². The van der Waals surface area contributed by atoms with E-state index in [1.165, 1.54) is 0 Å². The van der Waals surface area contributed by atoms with Crippen LogP contribution in [0.3, 0.4) is 0 Å². The second-order valence-corrected chi connectivity index (χ2v) is 4.56. The van der Waals surface area contributed by atoms with Crippen molar-refractivity contribution in [3.63, 3.8) is 0 Å². The van der Waals surface area contributed by atoms with Gasteiger partial charge in [0, 0.05) is 10.7 Å². The zero-order valence-corrected chi connectivity index (χ0v) is 10.9. The first-order chi connectivity index (χ1) is 8.04. The van der Waals surface area contributed by atoms with E-state index in [2.05, 4.69) is 5.32 Å². The molecular weight excluding hydrogens is 238 g/mol. The van der Waals surface area contributed by atoms with Crippen LogP contribution < -0.4 is 5.32 Å². The van der Waals surface area contributed by atoms with Gasteiger partial charge in [0.25, 0.3) is 0 Å². The zero-order chi connectivity index (χ0) is 12.9. The van der Waals surface area contributed by atoms with E-state index in [4.69, 9.17) is 11.6 Å². The normalized spacial score (nSPS) is 14.1. The molecular formula is C13H18ClNO2. The van der Waals surface area contributed by atoms with E-state index < -0.39 is 11.5 Å². The smallest absolute Gasteiger partial charge is 0.329 e. The maximum atomic E-state index is 11.4. The number of anilines is 1. The lowest BCUT2D eigenvalue weighted by Crippen LogP contribution is -2.45. The Balaban J connectivity index is 2.96. The topological polar surface area (TPSA) is 49.3 Å². The summed E-state index contributed by atoms with van der Waals surface area (Å²) in [6.07, 6.45) is 1.93. The van der Waals surface area contributed by atoms with E-state index >= 15 is 0 Å². The fraction of sp³-hybridized carbons (Fsp3) is 0.462. The van der Waals surface area contributed by atoms with Crippen LogP contribution in [0, 0.1) is 0 Å². The lowest BCUT2D eigenvalue weighted by atomic mass is 9.90. The van der Waals surface area contributed by atoms with Gasteiger partial charge in [-0.25, -0.2) is 4.79 Å². The first-order valence-corrected chi connectivity index (χ1v) is 6.19. The van der Waals surface area contributed by atoms with Crippen LogP contribution in [0.1, 0.15) is 33.1 Å². The molecule has 0 radical (unpaired) electrons. The van der Waals surface area contributed by atoms with Gasteiger partial charge in [0.1, 0.15) is 5.54 Å². The second kappa shape index (κ2) is 5.92. The van der Waals surface area contributed by atoms with Crippen LogP contribution in [0.15, 0.2) is 24.3 Å². The predicted molar refractivity (Wildman–Crippen MR) is 70.6 cm³/mol. The fourth-order valence-corrected chi connectivity index (χ4v) is 2.10. The van der Waals surface area contributed by atoms with Crippen LogP contribution in [-0.4, -0.2) is 16.6 Å². The molecule has 0 aliphatic carbocycles. The summed E-state index contributed by atoms with van der Waals surface area (Å²) in [6.45, 7) is 3.86. The first kappa shape index (κ1) is 13.8. The minimum Gasteiger partial charge on any atom is -0.480 e. The van der Waals surface area contributed by atoms with E-state index in [0.717, 1.165) is 12.1 Å². The van der Waals surface area contributed by atoms with Gasteiger partial charge in [0.05, 0.1) is 0 Å². The highest BCUT2D eigenvalue weighted by Crippen LogP contribution is 2.25. The van der Waals surface area contributed by atoms with E-state index in [9.17, 15) is 9.90 Å². The second-order valence-electron chi connectivity index (χ2n) is 4.13.